The number of Topliss-reactive ketones (excluding diaryl/α,β-unsaturated/α-hetero) is 1. The maximum Gasteiger partial charge on any atom is 0.199 e. The van der Waals surface area contributed by atoms with Gasteiger partial charge in [0, 0.05) is 6.07 Å². The molecule has 0 aliphatic carbocycles. The highest BCUT2D eigenvalue weighted by Gasteiger charge is 2.37. The molecule has 6 heteroatoms. The number of phenolic OH excluding ortho intramolecular Hbond substituents is 3. The van der Waals surface area contributed by atoms with E-state index in [0.29, 0.717) is 5.56 Å². The largest absolute Gasteiger partial charge is 0.508 e. The number of ether oxygens (including phenoxy) is 1. The first-order chi connectivity index (χ1) is 9.97. The Hall–Kier alpha value is -2.73. The van der Waals surface area contributed by atoms with E-state index in [4.69, 9.17) is 4.74 Å². The monoisotopic (exact) mass is 288 g/mol. The Kier molecular flexibility index (Phi) is 2.95. The van der Waals surface area contributed by atoms with Gasteiger partial charge in [-0.1, -0.05) is 6.07 Å². The van der Waals surface area contributed by atoms with Crippen LogP contribution in [0.15, 0.2) is 36.4 Å². The molecule has 2 aromatic carbocycles. The molecule has 2 unspecified atom stereocenters. The Morgan fingerprint density at radius 3 is 2.43 bits per heavy atom. The molecule has 0 radical (unpaired) electrons. The molecule has 2 atom stereocenters. The molecule has 1 aliphatic rings. The molecule has 21 heavy (non-hydrogen) atoms. The van der Waals surface area contributed by atoms with Gasteiger partial charge in [0.05, 0.1) is 5.56 Å². The second kappa shape index (κ2) is 4.68. The summed E-state index contributed by atoms with van der Waals surface area (Å²) in [4.78, 5) is 12.1. The summed E-state index contributed by atoms with van der Waals surface area (Å²) < 4.78 is 5.55. The summed E-state index contributed by atoms with van der Waals surface area (Å²) in [6.07, 6.45) is -2.47. The smallest absolute Gasteiger partial charge is 0.199 e. The van der Waals surface area contributed by atoms with Crippen LogP contribution in [0.1, 0.15) is 22.0 Å². The molecule has 0 saturated carbocycles. The number of phenols is 3. The molecule has 6 nitrogen and oxygen atoms in total. The molecular formula is C15H12O6. The minimum Gasteiger partial charge on any atom is -0.508 e. The van der Waals surface area contributed by atoms with Crippen LogP contribution in [0.25, 0.3) is 0 Å². The molecule has 0 aromatic heterocycles. The van der Waals surface area contributed by atoms with Gasteiger partial charge in [0.2, 0.25) is 0 Å². The Morgan fingerprint density at radius 2 is 1.71 bits per heavy atom. The number of hydrogen-bond donors (Lipinski definition) is 4. The lowest BCUT2D eigenvalue weighted by Gasteiger charge is -2.29. The molecule has 0 saturated heterocycles. The fourth-order valence-corrected chi connectivity index (χ4v) is 2.28. The Labute approximate surface area is 119 Å². The van der Waals surface area contributed by atoms with Crippen molar-refractivity contribution in [3.63, 3.8) is 0 Å². The van der Waals surface area contributed by atoms with E-state index in [2.05, 4.69) is 0 Å². The number of benzene rings is 2. The van der Waals surface area contributed by atoms with Gasteiger partial charge in [-0.05, 0) is 29.8 Å². The molecule has 4 N–H and O–H groups in total. The minimum atomic E-state index is -1.44. The first-order valence-corrected chi connectivity index (χ1v) is 6.21. The number of hydrogen-bond acceptors (Lipinski definition) is 6. The third-order valence-electron chi connectivity index (χ3n) is 3.37. The number of aromatic hydroxyl groups is 3. The molecule has 1 heterocycles. The van der Waals surface area contributed by atoms with E-state index in [1.807, 2.05) is 0 Å². The quantitative estimate of drug-likeness (QED) is 0.592. The van der Waals surface area contributed by atoms with Crippen molar-refractivity contribution in [3.05, 3.63) is 47.5 Å². The van der Waals surface area contributed by atoms with Crippen LogP contribution in [-0.4, -0.2) is 32.3 Å². The minimum absolute atomic E-state index is 0.0646. The van der Waals surface area contributed by atoms with Crippen LogP contribution in [0.5, 0.6) is 23.0 Å². The Bertz CT molecular complexity index is 724. The summed E-state index contributed by atoms with van der Waals surface area (Å²) >= 11 is 0. The Morgan fingerprint density at radius 1 is 0.952 bits per heavy atom. The van der Waals surface area contributed by atoms with Crippen molar-refractivity contribution in [2.75, 3.05) is 0 Å². The van der Waals surface area contributed by atoms with Gasteiger partial charge >= 0.3 is 0 Å². The average molecular weight is 288 g/mol. The number of ketones is 1. The van der Waals surface area contributed by atoms with E-state index in [-0.39, 0.29) is 28.6 Å². The van der Waals surface area contributed by atoms with Crippen molar-refractivity contribution in [1.82, 2.24) is 0 Å². The van der Waals surface area contributed by atoms with Gasteiger partial charge in [0.1, 0.15) is 11.5 Å². The first-order valence-electron chi connectivity index (χ1n) is 6.21. The highest BCUT2D eigenvalue weighted by Crippen LogP contribution is 2.38. The highest BCUT2D eigenvalue weighted by molar-refractivity contribution is 6.03. The van der Waals surface area contributed by atoms with E-state index in [0.717, 1.165) is 0 Å². The third-order valence-corrected chi connectivity index (χ3v) is 3.37. The normalized spacial score (nSPS) is 20.7. The molecule has 2 aromatic rings. The van der Waals surface area contributed by atoms with Crippen LogP contribution in [-0.2, 0) is 0 Å². The van der Waals surface area contributed by atoms with Gasteiger partial charge in [0.15, 0.2) is 29.5 Å². The Balaban J connectivity index is 2.05. The summed E-state index contributed by atoms with van der Waals surface area (Å²) in [6, 6.07) is 7.88. The predicted octanol–water partition coefficient (Wildman–Crippen LogP) is 1.48. The maximum absolute atomic E-state index is 12.1. The van der Waals surface area contributed by atoms with Crippen molar-refractivity contribution < 1.29 is 30.0 Å². The summed E-state index contributed by atoms with van der Waals surface area (Å²) in [5, 5.41) is 38.3. The summed E-state index contributed by atoms with van der Waals surface area (Å²) in [5.74, 6) is -1.13. The number of fused-ring (bicyclic) bond motifs is 1. The standard InChI is InChI=1S/C15H12O6/c16-8-2-3-9-12(6-8)21-15(14(20)13(9)19)7-1-4-10(17)11(18)5-7/h1-6,14-18,20H. The van der Waals surface area contributed by atoms with Gasteiger partial charge < -0.3 is 25.2 Å². The first kappa shape index (κ1) is 13.3. The molecule has 0 amide bonds. The number of carbonyl (C=O) groups excluding carboxylic acids is 1. The van der Waals surface area contributed by atoms with Gasteiger partial charge in [-0.15, -0.1) is 0 Å². The summed E-state index contributed by atoms with van der Waals surface area (Å²) in [6.45, 7) is 0. The highest BCUT2D eigenvalue weighted by atomic mass is 16.5. The zero-order valence-electron chi connectivity index (χ0n) is 10.7. The number of rotatable bonds is 1. The fraction of sp³-hybridized carbons (Fsp3) is 0.133. The van der Waals surface area contributed by atoms with Crippen molar-refractivity contribution in [3.8, 4) is 23.0 Å². The lowest BCUT2D eigenvalue weighted by atomic mass is 9.93. The molecule has 3 rings (SSSR count). The summed E-state index contributed by atoms with van der Waals surface area (Å²) in [7, 11) is 0. The number of carbonyl (C=O) groups is 1. The van der Waals surface area contributed by atoms with Crippen molar-refractivity contribution in [1.29, 1.82) is 0 Å². The van der Waals surface area contributed by atoms with Crippen LogP contribution in [0.4, 0.5) is 0 Å². The lowest BCUT2D eigenvalue weighted by molar-refractivity contribution is 0.0215. The van der Waals surface area contributed by atoms with E-state index in [9.17, 15) is 25.2 Å². The molecule has 0 spiro atoms. The van der Waals surface area contributed by atoms with E-state index in [1.165, 1.54) is 36.4 Å². The summed E-state index contributed by atoms with van der Waals surface area (Å²) in [5.41, 5.74) is 0.514. The topological polar surface area (TPSA) is 107 Å². The average Bonchev–Trinajstić information content (AvgIpc) is 2.45. The molecular weight excluding hydrogens is 276 g/mol. The maximum atomic E-state index is 12.1. The zero-order valence-corrected chi connectivity index (χ0v) is 10.7. The van der Waals surface area contributed by atoms with Crippen LogP contribution in [0.3, 0.4) is 0 Å². The van der Waals surface area contributed by atoms with Gasteiger partial charge in [-0.2, -0.15) is 0 Å². The zero-order chi connectivity index (χ0) is 15.1. The fourth-order valence-electron chi connectivity index (χ4n) is 2.28. The van der Waals surface area contributed by atoms with Crippen molar-refractivity contribution in [2.24, 2.45) is 0 Å². The van der Waals surface area contributed by atoms with Gasteiger partial charge in [-0.25, -0.2) is 0 Å². The second-order valence-electron chi connectivity index (χ2n) is 4.78. The van der Waals surface area contributed by atoms with Gasteiger partial charge in [0.25, 0.3) is 0 Å². The van der Waals surface area contributed by atoms with Crippen molar-refractivity contribution in [2.45, 2.75) is 12.2 Å². The second-order valence-corrected chi connectivity index (χ2v) is 4.78. The van der Waals surface area contributed by atoms with Crippen LogP contribution >= 0.6 is 0 Å². The van der Waals surface area contributed by atoms with E-state index >= 15 is 0 Å². The molecule has 1 aliphatic heterocycles. The van der Waals surface area contributed by atoms with Crippen LogP contribution in [0, 0.1) is 0 Å². The van der Waals surface area contributed by atoms with Crippen LogP contribution < -0.4 is 4.74 Å². The third kappa shape index (κ3) is 2.15. The molecule has 0 bridgehead atoms. The van der Waals surface area contributed by atoms with Crippen molar-refractivity contribution >= 4 is 5.78 Å². The van der Waals surface area contributed by atoms with Crippen LogP contribution in [0.2, 0.25) is 0 Å². The SMILES string of the molecule is O=C1c2ccc(O)cc2OC(c2ccc(O)c(O)c2)C1O. The number of aliphatic hydroxyl groups excluding tert-OH is 1. The number of aliphatic hydroxyl groups is 1. The lowest BCUT2D eigenvalue weighted by Crippen LogP contribution is -2.36. The molecule has 0 fully saturated rings. The van der Waals surface area contributed by atoms with E-state index < -0.39 is 18.0 Å². The van der Waals surface area contributed by atoms with E-state index in [1.54, 1.807) is 0 Å². The molecule has 108 valence electrons. The van der Waals surface area contributed by atoms with Gasteiger partial charge in [-0.3, -0.25) is 4.79 Å². The predicted molar refractivity (Wildman–Crippen MR) is 71.6 cm³/mol.